The minimum absolute atomic E-state index is 0.0637. The maximum Gasteiger partial charge on any atom is 0.257 e. The van der Waals surface area contributed by atoms with Gasteiger partial charge in [-0.05, 0) is 36.8 Å². The molecule has 6 heteroatoms. The van der Waals surface area contributed by atoms with E-state index in [2.05, 4.69) is 10.5 Å². The second-order valence-corrected chi connectivity index (χ2v) is 4.70. The molecule has 0 fully saturated rings. The topological polar surface area (TPSA) is 61.7 Å². The number of amides is 1. The zero-order chi connectivity index (χ0) is 15.4. The third kappa shape index (κ3) is 3.38. The van der Waals surface area contributed by atoms with E-state index in [1.54, 1.807) is 31.2 Å². The van der Waals surface area contributed by atoms with E-state index in [4.69, 9.17) is 16.8 Å². The van der Waals surface area contributed by atoms with Gasteiger partial charge >= 0.3 is 0 Å². The Morgan fingerprint density at radius 1 is 1.24 bits per heavy atom. The number of anilines is 1. The van der Waals surface area contributed by atoms with Crippen LogP contribution in [0.2, 0.25) is 5.02 Å². The molecule has 0 saturated carbocycles. The number of carbonyl (C=O) groups excluding carboxylic acids is 1. The van der Waals surface area contributed by atoms with Gasteiger partial charge in [-0.15, -0.1) is 0 Å². The van der Waals surface area contributed by atoms with Crippen LogP contribution < -0.4 is 5.32 Å². The fraction of sp³-hybridized carbons (Fsp3) is 0.0667. The molecule has 4 nitrogen and oxygen atoms in total. The van der Waals surface area contributed by atoms with Gasteiger partial charge in [-0.2, -0.15) is 0 Å². The Morgan fingerprint density at radius 2 is 1.90 bits per heavy atom. The highest BCUT2D eigenvalue weighted by molar-refractivity contribution is 6.34. The van der Waals surface area contributed by atoms with E-state index in [-0.39, 0.29) is 10.6 Å². The highest BCUT2D eigenvalue weighted by Gasteiger charge is 2.13. The Kier molecular flexibility index (Phi) is 4.55. The molecule has 0 heterocycles. The molecule has 0 saturated heterocycles. The first-order valence-electron chi connectivity index (χ1n) is 6.07. The third-order valence-corrected chi connectivity index (χ3v) is 3.29. The van der Waals surface area contributed by atoms with Gasteiger partial charge in [0.25, 0.3) is 5.91 Å². The summed E-state index contributed by atoms with van der Waals surface area (Å²) in [5, 5.41) is 14.2. The molecular formula is C15H12ClFN2O2. The second kappa shape index (κ2) is 6.37. The highest BCUT2D eigenvalue weighted by Crippen LogP contribution is 2.21. The molecule has 2 rings (SSSR count). The van der Waals surface area contributed by atoms with E-state index in [1.807, 2.05) is 0 Å². The van der Waals surface area contributed by atoms with Gasteiger partial charge in [0, 0.05) is 5.69 Å². The first-order chi connectivity index (χ1) is 10.0. The molecule has 1 amide bonds. The SMILES string of the molecule is C/C(=N/O)c1ccc(NC(=O)c2cccc(F)c2Cl)cc1. The Balaban J connectivity index is 2.18. The molecular weight excluding hydrogens is 295 g/mol. The van der Waals surface area contributed by atoms with Crippen molar-refractivity contribution in [1.29, 1.82) is 0 Å². The fourth-order valence-corrected chi connectivity index (χ4v) is 1.94. The number of rotatable bonds is 3. The predicted octanol–water partition coefficient (Wildman–Crippen LogP) is 3.93. The Morgan fingerprint density at radius 3 is 2.52 bits per heavy atom. The minimum atomic E-state index is -0.644. The molecule has 0 aliphatic rings. The molecule has 0 unspecified atom stereocenters. The van der Waals surface area contributed by atoms with E-state index >= 15 is 0 Å². The lowest BCUT2D eigenvalue weighted by Gasteiger charge is -2.08. The maximum atomic E-state index is 13.3. The molecule has 0 radical (unpaired) electrons. The molecule has 2 aromatic carbocycles. The van der Waals surface area contributed by atoms with Crippen molar-refractivity contribution in [1.82, 2.24) is 0 Å². The number of oxime groups is 1. The lowest BCUT2D eigenvalue weighted by Crippen LogP contribution is -2.13. The summed E-state index contributed by atoms with van der Waals surface area (Å²) in [6, 6.07) is 10.7. The summed E-state index contributed by atoms with van der Waals surface area (Å²) in [5.41, 5.74) is 1.77. The van der Waals surface area contributed by atoms with Gasteiger partial charge in [0.1, 0.15) is 5.82 Å². The summed E-state index contributed by atoms with van der Waals surface area (Å²) in [7, 11) is 0. The van der Waals surface area contributed by atoms with Crippen LogP contribution in [0.1, 0.15) is 22.8 Å². The van der Waals surface area contributed by atoms with Crippen LogP contribution in [0.3, 0.4) is 0 Å². The molecule has 108 valence electrons. The third-order valence-electron chi connectivity index (χ3n) is 2.91. The van der Waals surface area contributed by atoms with Gasteiger partial charge in [0.2, 0.25) is 0 Å². The second-order valence-electron chi connectivity index (χ2n) is 4.32. The number of benzene rings is 2. The van der Waals surface area contributed by atoms with Crippen LogP contribution in [0.25, 0.3) is 0 Å². The molecule has 0 aliphatic carbocycles. The van der Waals surface area contributed by atoms with E-state index in [1.165, 1.54) is 18.2 Å². The fourth-order valence-electron chi connectivity index (χ4n) is 1.73. The average Bonchev–Trinajstić information content (AvgIpc) is 2.50. The Labute approximate surface area is 125 Å². The number of hydrogen-bond acceptors (Lipinski definition) is 3. The Hall–Kier alpha value is -2.40. The molecule has 0 aromatic heterocycles. The summed E-state index contributed by atoms with van der Waals surface area (Å²) >= 11 is 5.76. The van der Waals surface area contributed by atoms with Crippen molar-refractivity contribution >= 4 is 28.9 Å². The van der Waals surface area contributed by atoms with Crippen LogP contribution >= 0.6 is 11.6 Å². The van der Waals surface area contributed by atoms with E-state index in [0.717, 1.165) is 5.56 Å². The lowest BCUT2D eigenvalue weighted by molar-refractivity contribution is 0.102. The molecule has 0 bridgehead atoms. The largest absolute Gasteiger partial charge is 0.411 e. The van der Waals surface area contributed by atoms with Crippen LogP contribution in [0.4, 0.5) is 10.1 Å². The first kappa shape index (κ1) is 15.0. The minimum Gasteiger partial charge on any atom is -0.411 e. The molecule has 21 heavy (non-hydrogen) atoms. The summed E-state index contributed by atoms with van der Waals surface area (Å²) in [4.78, 5) is 12.0. The van der Waals surface area contributed by atoms with Crippen molar-refractivity contribution in [2.45, 2.75) is 6.92 Å². The average molecular weight is 307 g/mol. The quantitative estimate of drug-likeness (QED) is 0.513. The summed E-state index contributed by atoms with van der Waals surface area (Å²) in [6.07, 6.45) is 0. The van der Waals surface area contributed by atoms with Gasteiger partial charge in [0.15, 0.2) is 0 Å². The van der Waals surface area contributed by atoms with Crippen LogP contribution in [-0.4, -0.2) is 16.8 Å². The standard InChI is InChI=1S/C15H12ClFN2O2/c1-9(19-21)10-5-7-11(8-6-10)18-15(20)12-3-2-4-13(17)14(12)16/h2-8,21H,1H3,(H,18,20)/b19-9-. The van der Waals surface area contributed by atoms with E-state index < -0.39 is 11.7 Å². The van der Waals surface area contributed by atoms with Crippen molar-refractivity contribution in [2.24, 2.45) is 5.16 Å². The summed E-state index contributed by atoms with van der Waals surface area (Å²) in [6.45, 7) is 1.65. The van der Waals surface area contributed by atoms with Crippen molar-refractivity contribution in [3.05, 3.63) is 64.4 Å². The zero-order valence-electron chi connectivity index (χ0n) is 11.1. The summed E-state index contributed by atoms with van der Waals surface area (Å²) < 4.78 is 13.3. The van der Waals surface area contributed by atoms with Gasteiger partial charge < -0.3 is 10.5 Å². The first-order valence-corrected chi connectivity index (χ1v) is 6.45. The number of nitrogens with one attached hydrogen (secondary N) is 1. The van der Waals surface area contributed by atoms with Crippen molar-refractivity contribution in [2.75, 3.05) is 5.32 Å². The number of carbonyl (C=O) groups is 1. The molecule has 2 N–H and O–H groups in total. The van der Waals surface area contributed by atoms with Crippen LogP contribution in [0, 0.1) is 5.82 Å². The van der Waals surface area contributed by atoms with Gasteiger partial charge in [-0.25, -0.2) is 4.39 Å². The monoisotopic (exact) mass is 306 g/mol. The maximum absolute atomic E-state index is 13.3. The Bertz CT molecular complexity index is 699. The van der Waals surface area contributed by atoms with Crippen LogP contribution in [0.5, 0.6) is 0 Å². The number of hydrogen-bond donors (Lipinski definition) is 2. The van der Waals surface area contributed by atoms with Crippen molar-refractivity contribution < 1.29 is 14.4 Å². The predicted molar refractivity (Wildman–Crippen MR) is 79.8 cm³/mol. The normalized spacial score (nSPS) is 11.3. The van der Waals surface area contributed by atoms with Crippen LogP contribution in [0.15, 0.2) is 47.6 Å². The number of halogens is 2. The van der Waals surface area contributed by atoms with Crippen LogP contribution in [-0.2, 0) is 0 Å². The van der Waals surface area contributed by atoms with Gasteiger partial charge in [-0.3, -0.25) is 4.79 Å². The lowest BCUT2D eigenvalue weighted by atomic mass is 10.1. The molecule has 0 aliphatic heterocycles. The molecule has 0 atom stereocenters. The van der Waals surface area contributed by atoms with E-state index in [9.17, 15) is 9.18 Å². The van der Waals surface area contributed by atoms with Crippen molar-refractivity contribution in [3.63, 3.8) is 0 Å². The highest BCUT2D eigenvalue weighted by atomic mass is 35.5. The number of nitrogens with zero attached hydrogens (tertiary/aromatic N) is 1. The zero-order valence-corrected chi connectivity index (χ0v) is 11.9. The summed E-state index contributed by atoms with van der Waals surface area (Å²) in [5.74, 6) is -1.14. The van der Waals surface area contributed by atoms with E-state index in [0.29, 0.717) is 11.4 Å². The molecule has 0 spiro atoms. The van der Waals surface area contributed by atoms with Crippen molar-refractivity contribution in [3.8, 4) is 0 Å². The van der Waals surface area contributed by atoms with Gasteiger partial charge in [0.05, 0.1) is 16.3 Å². The van der Waals surface area contributed by atoms with Gasteiger partial charge in [-0.1, -0.05) is 35.0 Å². The molecule has 2 aromatic rings. The smallest absolute Gasteiger partial charge is 0.257 e.